The highest BCUT2D eigenvalue weighted by molar-refractivity contribution is 7.13. The standard InChI is InChI=1S/C12H13N5O2S/c18-11(19)9-1-2-14-15-10(9)16-4-6-17(7-5-16)12-13-3-8-20-12/h1-3,8H,4-7H2,(H,18,19). The molecule has 1 N–H and O–H groups in total. The van der Waals surface area contributed by atoms with Crippen molar-refractivity contribution in [1.82, 2.24) is 15.2 Å². The minimum Gasteiger partial charge on any atom is -0.478 e. The summed E-state index contributed by atoms with van der Waals surface area (Å²) < 4.78 is 0. The Morgan fingerprint density at radius 3 is 2.60 bits per heavy atom. The largest absolute Gasteiger partial charge is 0.478 e. The predicted molar refractivity (Wildman–Crippen MR) is 75.5 cm³/mol. The van der Waals surface area contributed by atoms with E-state index in [2.05, 4.69) is 20.1 Å². The molecule has 1 fully saturated rings. The minimum atomic E-state index is -0.975. The number of hydrogen-bond donors (Lipinski definition) is 1. The Bertz CT molecular complexity index is 596. The molecule has 0 spiro atoms. The van der Waals surface area contributed by atoms with Crippen LogP contribution < -0.4 is 9.80 Å². The van der Waals surface area contributed by atoms with Gasteiger partial charge in [0.1, 0.15) is 5.56 Å². The molecular formula is C12H13N5O2S. The Balaban J connectivity index is 1.74. The summed E-state index contributed by atoms with van der Waals surface area (Å²) in [7, 11) is 0. The molecule has 0 amide bonds. The quantitative estimate of drug-likeness (QED) is 0.901. The lowest BCUT2D eigenvalue weighted by molar-refractivity contribution is 0.0697. The number of aromatic nitrogens is 3. The third-order valence-corrected chi connectivity index (χ3v) is 4.03. The maximum absolute atomic E-state index is 11.2. The lowest BCUT2D eigenvalue weighted by atomic mass is 10.2. The molecule has 0 radical (unpaired) electrons. The van der Waals surface area contributed by atoms with E-state index in [4.69, 9.17) is 0 Å². The lowest BCUT2D eigenvalue weighted by Crippen LogP contribution is -2.47. The summed E-state index contributed by atoms with van der Waals surface area (Å²) >= 11 is 1.61. The molecule has 7 nitrogen and oxygen atoms in total. The summed E-state index contributed by atoms with van der Waals surface area (Å²) in [5, 5.41) is 19.9. The van der Waals surface area contributed by atoms with Crippen molar-refractivity contribution >= 4 is 28.3 Å². The second-order valence-electron chi connectivity index (χ2n) is 4.36. The summed E-state index contributed by atoms with van der Waals surface area (Å²) in [6, 6.07) is 1.48. The van der Waals surface area contributed by atoms with E-state index in [-0.39, 0.29) is 5.56 Å². The van der Waals surface area contributed by atoms with Crippen LogP contribution in [0.1, 0.15) is 10.4 Å². The van der Waals surface area contributed by atoms with Gasteiger partial charge in [0.2, 0.25) is 0 Å². The monoisotopic (exact) mass is 291 g/mol. The summed E-state index contributed by atoms with van der Waals surface area (Å²) in [6.45, 7) is 3.00. The molecule has 2 aromatic heterocycles. The van der Waals surface area contributed by atoms with Crippen LogP contribution in [-0.2, 0) is 0 Å². The third-order valence-electron chi connectivity index (χ3n) is 3.20. The van der Waals surface area contributed by atoms with E-state index in [9.17, 15) is 9.90 Å². The highest BCUT2D eigenvalue weighted by atomic mass is 32.1. The summed E-state index contributed by atoms with van der Waals surface area (Å²) in [4.78, 5) is 19.6. The van der Waals surface area contributed by atoms with E-state index in [1.807, 2.05) is 10.3 Å². The van der Waals surface area contributed by atoms with E-state index in [0.717, 1.165) is 18.2 Å². The number of hydrogen-bond acceptors (Lipinski definition) is 7. The van der Waals surface area contributed by atoms with E-state index in [1.54, 1.807) is 17.5 Å². The normalized spacial score (nSPS) is 15.4. The van der Waals surface area contributed by atoms with Crippen LogP contribution in [-0.4, -0.2) is 52.4 Å². The van der Waals surface area contributed by atoms with Gasteiger partial charge in [-0.05, 0) is 6.07 Å². The molecule has 20 heavy (non-hydrogen) atoms. The number of anilines is 2. The van der Waals surface area contributed by atoms with Gasteiger partial charge in [0.05, 0.1) is 6.20 Å². The summed E-state index contributed by atoms with van der Waals surface area (Å²) in [6.07, 6.45) is 3.19. The van der Waals surface area contributed by atoms with Crippen molar-refractivity contribution in [3.05, 3.63) is 29.4 Å². The Hall–Kier alpha value is -2.22. The molecule has 0 bridgehead atoms. The molecule has 1 aliphatic rings. The molecule has 104 valence electrons. The third kappa shape index (κ3) is 2.42. The fourth-order valence-electron chi connectivity index (χ4n) is 2.21. The SMILES string of the molecule is O=C(O)c1ccnnc1N1CCN(c2nccs2)CC1. The second-order valence-corrected chi connectivity index (χ2v) is 5.24. The average Bonchev–Trinajstić information content (AvgIpc) is 3.02. The van der Waals surface area contributed by atoms with Gasteiger partial charge in [-0.1, -0.05) is 0 Å². The molecule has 1 aliphatic heterocycles. The van der Waals surface area contributed by atoms with Crippen molar-refractivity contribution in [2.45, 2.75) is 0 Å². The maximum Gasteiger partial charge on any atom is 0.339 e. The van der Waals surface area contributed by atoms with Crippen LogP contribution in [0, 0.1) is 0 Å². The maximum atomic E-state index is 11.2. The first-order valence-electron chi connectivity index (χ1n) is 6.20. The first-order chi connectivity index (χ1) is 9.75. The number of carboxylic acid groups (broad SMARTS) is 1. The Morgan fingerprint density at radius 2 is 1.95 bits per heavy atom. The molecule has 0 saturated carbocycles. The molecule has 0 aliphatic carbocycles. The number of piperazine rings is 1. The van der Waals surface area contributed by atoms with Crippen LogP contribution in [0.4, 0.5) is 10.9 Å². The molecule has 0 unspecified atom stereocenters. The molecular weight excluding hydrogens is 278 g/mol. The Morgan fingerprint density at radius 1 is 1.20 bits per heavy atom. The van der Waals surface area contributed by atoms with Gasteiger partial charge >= 0.3 is 5.97 Å². The zero-order valence-electron chi connectivity index (χ0n) is 10.6. The Labute approximate surface area is 119 Å². The average molecular weight is 291 g/mol. The zero-order chi connectivity index (χ0) is 13.9. The predicted octanol–water partition coefficient (Wildman–Crippen LogP) is 0.958. The van der Waals surface area contributed by atoms with Crippen molar-refractivity contribution in [2.75, 3.05) is 36.0 Å². The fourth-order valence-corrected chi connectivity index (χ4v) is 2.90. The van der Waals surface area contributed by atoms with Crippen molar-refractivity contribution in [3.63, 3.8) is 0 Å². The van der Waals surface area contributed by atoms with Crippen molar-refractivity contribution in [1.29, 1.82) is 0 Å². The van der Waals surface area contributed by atoms with Gasteiger partial charge in [0.15, 0.2) is 10.9 Å². The van der Waals surface area contributed by atoms with Crippen molar-refractivity contribution < 1.29 is 9.90 Å². The van der Waals surface area contributed by atoms with Crippen molar-refractivity contribution in [3.8, 4) is 0 Å². The first kappa shape index (κ1) is 12.8. The van der Waals surface area contributed by atoms with Gasteiger partial charge in [0, 0.05) is 37.8 Å². The number of thiazole rings is 1. The smallest absolute Gasteiger partial charge is 0.339 e. The highest BCUT2D eigenvalue weighted by Gasteiger charge is 2.23. The molecule has 8 heteroatoms. The number of carboxylic acids is 1. The minimum absolute atomic E-state index is 0.197. The molecule has 3 rings (SSSR count). The van der Waals surface area contributed by atoms with Crippen LogP contribution >= 0.6 is 11.3 Å². The van der Waals surface area contributed by atoms with Gasteiger partial charge < -0.3 is 14.9 Å². The topological polar surface area (TPSA) is 82.4 Å². The molecule has 3 heterocycles. The number of rotatable bonds is 3. The van der Waals surface area contributed by atoms with Crippen LogP contribution in [0.15, 0.2) is 23.8 Å². The molecule has 1 saturated heterocycles. The van der Waals surface area contributed by atoms with E-state index >= 15 is 0 Å². The van der Waals surface area contributed by atoms with Gasteiger partial charge in [-0.25, -0.2) is 9.78 Å². The van der Waals surface area contributed by atoms with Gasteiger partial charge in [-0.15, -0.1) is 16.4 Å². The second kappa shape index (κ2) is 5.41. The summed E-state index contributed by atoms with van der Waals surface area (Å²) in [5.41, 5.74) is 0.197. The van der Waals surface area contributed by atoms with Crippen LogP contribution in [0.25, 0.3) is 0 Å². The lowest BCUT2D eigenvalue weighted by Gasteiger charge is -2.35. The van der Waals surface area contributed by atoms with E-state index in [0.29, 0.717) is 18.9 Å². The number of aromatic carboxylic acids is 1. The number of nitrogens with zero attached hydrogens (tertiary/aromatic N) is 5. The summed E-state index contributed by atoms with van der Waals surface area (Å²) in [5.74, 6) is -0.531. The van der Waals surface area contributed by atoms with Crippen LogP contribution in [0.2, 0.25) is 0 Å². The van der Waals surface area contributed by atoms with E-state index in [1.165, 1.54) is 12.3 Å². The van der Waals surface area contributed by atoms with Crippen LogP contribution in [0.3, 0.4) is 0 Å². The van der Waals surface area contributed by atoms with Gasteiger partial charge in [0.25, 0.3) is 0 Å². The highest BCUT2D eigenvalue weighted by Crippen LogP contribution is 2.22. The molecule has 0 atom stereocenters. The van der Waals surface area contributed by atoms with Crippen LogP contribution in [0.5, 0.6) is 0 Å². The first-order valence-corrected chi connectivity index (χ1v) is 7.08. The zero-order valence-corrected chi connectivity index (χ0v) is 11.5. The molecule has 0 aromatic carbocycles. The van der Waals surface area contributed by atoms with Gasteiger partial charge in [-0.3, -0.25) is 0 Å². The molecule has 2 aromatic rings. The van der Waals surface area contributed by atoms with Crippen molar-refractivity contribution in [2.24, 2.45) is 0 Å². The van der Waals surface area contributed by atoms with Gasteiger partial charge in [-0.2, -0.15) is 5.10 Å². The number of carbonyl (C=O) groups is 1. The fraction of sp³-hybridized carbons (Fsp3) is 0.333. The Kier molecular flexibility index (Phi) is 3.46. The van der Waals surface area contributed by atoms with E-state index < -0.39 is 5.97 Å².